The van der Waals surface area contributed by atoms with Crippen molar-refractivity contribution in [2.75, 3.05) is 7.11 Å². The van der Waals surface area contributed by atoms with Gasteiger partial charge in [0.25, 0.3) is 0 Å². The molecule has 2 nitrogen and oxygen atoms in total. The van der Waals surface area contributed by atoms with Crippen LogP contribution < -0.4 is 4.74 Å². The molecular weight excluding hydrogens is 322 g/mol. The van der Waals surface area contributed by atoms with Crippen molar-refractivity contribution in [1.82, 2.24) is 0 Å². The number of nitrogens with zero attached hydrogens (tertiary/aromatic N) is 1. The number of hydrogen-bond acceptors (Lipinski definition) is 2. The van der Waals surface area contributed by atoms with Crippen molar-refractivity contribution in [1.29, 1.82) is 5.26 Å². The smallest absolute Gasteiger partial charge is 0.204 e. The van der Waals surface area contributed by atoms with Gasteiger partial charge in [0.05, 0.1) is 24.2 Å². The first-order valence-electron chi connectivity index (χ1n) is 8.23. The van der Waals surface area contributed by atoms with Gasteiger partial charge in [0.2, 0.25) is 11.6 Å². The third-order valence-electron chi connectivity index (χ3n) is 5.04. The standard InChI is InChI=1S/C18H21F4NO/c1-3-4-5-11-6-8-18(10-23,9-7-11)12-13(19)15(21)17(24-2)16(22)14(12)20/h11H,3-9H2,1-2H3. The molecule has 0 spiro atoms. The molecule has 1 aliphatic carbocycles. The van der Waals surface area contributed by atoms with Crippen molar-refractivity contribution in [3.05, 3.63) is 28.8 Å². The second kappa shape index (κ2) is 7.42. The molecule has 1 aliphatic rings. The minimum atomic E-state index is -1.59. The number of hydrogen-bond donors (Lipinski definition) is 0. The summed E-state index contributed by atoms with van der Waals surface area (Å²) >= 11 is 0. The molecule has 1 fully saturated rings. The third-order valence-corrected chi connectivity index (χ3v) is 5.04. The van der Waals surface area contributed by atoms with Gasteiger partial charge in [-0.1, -0.05) is 26.2 Å². The average molecular weight is 343 g/mol. The molecule has 1 aromatic rings. The molecule has 0 N–H and O–H groups in total. The van der Waals surface area contributed by atoms with E-state index >= 15 is 0 Å². The van der Waals surface area contributed by atoms with Gasteiger partial charge in [-0.2, -0.15) is 14.0 Å². The lowest BCUT2D eigenvalue weighted by Gasteiger charge is -2.36. The van der Waals surface area contributed by atoms with Crippen LogP contribution in [0.2, 0.25) is 0 Å². The van der Waals surface area contributed by atoms with Gasteiger partial charge in [-0.3, -0.25) is 0 Å². The molecule has 0 saturated heterocycles. The van der Waals surface area contributed by atoms with E-state index in [1.54, 1.807) is 0 Å². The summed E-state index contributed by atoms with van der Waals surface area (Å²) in [5, 5.41) is 9.55. The Hall–Kier alpha value is -1.77. The Morgan fingerprint density at radius 1 is 1.08 bits per heavy atom. The molecule has 0 radical (unpaired) electrons. The molecule has 0 amide bonds. The van der Waals surface area contributed by atoms with Crippen molar-refractivity contribution < 1.29 is 22.3 Å². The molecule has 0 atom stereocenters. The van der Waals surface area contributed by atoms with Crippen LogP contribution in [-0.4, -0.2) is 7.11 Å². The van der Waals surface area contributed by atoms with Gasteiger partial charge in [-0.05, 0) is 31.6 Å². The van der Waals surface area contributed by atoms with Crippen molar-refractivity contribution in [3.8, 4) is 11.8 Å². The largest absolute Gasteiger partial charge is 0.491 e. The first kappa shape index (κ1) is 18.6. The second-order valence-corrected chi connectivity index (χ2v) is 6.44. The van der Waals surface area contributed by atoms with Crippen LogP contribution in [0.5, 0.6) is 5.75 Å². The predicted octanol–water partition coefficient (Wildman–Crippen LogP) is 5.39. The van der Waals surface area contributed by atoms with Crippen molar-refractivity contribution in [3.63, 3.8) is 0 Å². The van der Waals surface area contributed by atoms with E-state index in [1.165, 1.54) is 0 Å². The minimum absolute atomic E-state index is 0.191. The summed E-state index contributed by atoms with van der Waals surface area (Å²) in [5.41, 5.74) is -2.33. The Kier molecular flexibility index (Phi) is 5.74. The first-order chi connectivity index (χ1) is 11.4. The summed E-state index contributed by atoms with van der Waals surface area (Å²) in [5.74, 6) is -6.95. The topological polar surface area (TPSA) is 33.0 Å². The van der Waals surface area contributed by atoms with E-state index in [0.29, 0.717) is 18.8 Å². The van der Waals surface area contributed by atoms with Gasteiger partial charge < -0.3 is 4.74 Å². The molecule has 6 heteroatoms. The molecule has 0 heterocycles. The van der Waals surface area contributed by atoms with E-state index in [0.717, 1.165) is 26.4 Å². The van der Waals surface area contributed by atoms with Gasteiger partial charge in [-0.15, -0.1) is 0 Å². The molecule has 0 unspecified atom stereocenters. The van der Waals surface area contributed by atoms with Crippen LogP contribution >= 0.6 is 0 Å². The van der Waals surface area contributed by atoms with E-state index in [1.807, 2.05) is 6.07 Å². The number of nitriles is 1. The summed E-state index contributed by atoms with van der Waals surface area (Å²) in [7, 11) is 0.930. The maximum Gasteiger partial charge on any atom is 0.204 e. The van der Waals surface area contributed by atoms with Crippen LogP contribution in [0.15, 0.2) is 0 Å². The van der Waals surface area contributed by atoms with E-state index in [9.17, 15) is 22.8 Å². The minimum Gasteiger partial charge on any atom is -0.491 e. The number of benzene rings is 1. The second-order valence-electron chi connectivity index (χ2n) is 6.44. The Morgan fingerprint density at radius 3 is 2.04 bits per heavy atom. The maximum atomic E-state index is 14.4. The third kappa shape index (κ3) is 3.09. The zero-order chi connectivity index (χ0) is 17.9. The van der Waals surface area contributed by atoms with Crippen LogP contribution in [0.3, 0.4) is 0 Å². The van der Waals surface area contributed by atoms with Crippen molar-refractivity contribution >= 4 is 0 Å². The van der Waals surface area contributed by atoms with Gasteiger partial charge in [-0.25, -0.2) is 8.78 Å². The van der Waals surface area contributed by atoms with Crippen LogP contribution in [0.4, 0.5) is 17.6 Å². The van der Waals surface area contributed by atoms with Crippen LogP contribution in [0.25, 0.3) is 0 Å². The number of halogens is 4. The van der Waals surface area contributed by atoms with E-state index in [2.05, 4.69) is 11.7 Å². The van der Waals surface area contributed by atoms with Gasteiger partial charge >= 0.3 is 0 Å². The quantitative estimate of drug-likeness (QED) is 0.530. The lowest BCUT2D eigenvalue weighted by Crippen LogP contribution is -2.33. The Morgan fingerprint density at radius 2 is 1.62 bits per heavy atom. The summed E-state index contributed by atoms with van der Waals surface area (Å²) in [6, 6.07) is 1.93. The van der Waals surface area contributed by atoms with Gasteiger partial charge in [0.15, 0.2) is 17.4 Å². The Bertz CT molecular complexity index is 616. The first-order valence-corrected chi connectivity index (χ1v) is 8.23. The highest BCUT2D eigenvalue weighted by Gasteiger charge is 2.44. The molecule has 132 valence electrons. The zero-order valence-electron chi connectivity index (χ0n) is 13.9. The fourth-order valence-electron chi connectivity index (χ4n) is 3.58. The predicted molar refractivity (Wildman–Crippen MR) is 81.6 cm³/mol. The average Bonchev–Trinajstić information content (AvgIpc) is 2.60. The van der Waals surface area contributed by atoms with Crippen LogP contribution in [-0.2, 0) is 5.41 Å². The molecule has 0 aliphatic heterocycles. The van der Waals surface area contributed by atoms with Crippen LogP contribution in [0, 0.1) is 40.5 Å². The fourth-order valence-corrected chi connectivity index (χ4v) is 3.58. The molecule has 0 bridgehead atoms. The van der Waals surface area contributed by atoms with E-state index < -0.39 is 40.0 Å². The number of unbranched alkanes of at least 4 members (excludes halogenated alkanes) is 1. The lowest BCUT2D eigenvalue weighted by molar-refractivity contribution is 0.245. The molecular formula is C18H21F4NO. The van der Waals surface area contributed by atoms with Gasteiger partial charge in [0, 0.05) is 0 Å². The molecule has 1 saturated carbocycles. The monoisotopic (exact) mass is 343 g/mol. The highest BCUT2D eigenvalue weighted by Crippen LogP contribution is 2.46. The summed E-state index contributed by atoms with van der Waals surface area (Å²) in [6.07, 6.45) is 4.71. The summed E-state index contributed by atoms with van der Waals surface area (Å²) in [6.45, 7) is 2.08. The molecule has 0 aromatic heterocycles. The summed E-state index contributed by atoms with van der Waals surface area (Å²) in [4.78, 5) is 0. The number of ether oxygens (including phenoxy) is 1. The zero-order valence-corrected chi connectivity index (χ0v) is 13.9. The Balaban J connectivity index is 2.41. The molecule has 2 rings (SSSR count). The van der Waals surface area contributed by atoms with Crippen LogP contribution in [0.1, 0.15) is 57.4 Å². The number of methoxy groups -OCH3 is 1. The summed E-state index contributed by atoms with van der Waals surface area (Å²) < 4.78 is 61.2. The van der Waals surface area contributed by atoms with E-state index in [4.69, 9.17) is 0 Å². The van der Waals surface area contributed by atoms with Crippen molar-refractivity contribution in [2.24, 2.45) is 5.92 Å². The number of rotatable bonds is 5. The SMILES string of the molecule is CCCCC1CCC(C#N)(c2c(F)c(F)c(OC)c(F)c2F)CC1. The fraction of sp³-hybridized carbons (Fsp3) is 0.611. The van der Waals surface area contributed by atoms with Crippen molar-refractivity contribution in [2.45, 2.75) is 57.3 Å². The Labute approximate surface area is 139 Å². The highest BCUT2D eigenvalue weighted by molar-refractivity contribution is 5.42. The normalized spacial score (nSPS) is 23.8. The highest BCUT2D eigenvalue weighted by atomic mass is 19.2. The van der Waals surface area contributed by atoms with E-state index in [-0.39, 0.29) is 12.8 Å². The molecule has 24 heavy (non-hydrogen) atoms. The maximum absolute atomic E-state index is 14.4. The molecule has 1 aromatic carbocycles. The lowest BCUT2D eigenvalue weighted by atomic mass is 9.66. The van der Waals surface area contributed by atoms with Gasteiger partial charge in [0.1, 0.15) is 0 Å².